The van der Waals surface area contributed by atoms with Crippen LogP contribution in [0.25, 0.3) is 11.0 Å². The molecule has 0 radical (unpaired) electrons. The largest absolute Gasteiger partial charge is 0.379 e. The van der Waals surface area contributed by atoms with Crippen LogP contribution < -0.4 is 21.4 Å². The highest BCUT2D eigenvalue weighted by Gasteiger charge is 2.43. The Morgan fingerprint density at radius 1 is 0.800 bits per heavy atom. The van der Waals surface area contributed by atoms with Crippen molar-refractivity contribution in [1.82, 2.24) is 46.1 Å². The fourth-order valence-electron chi connectivity index (χ4n) is 10.9. The van der Waals surface area contributed by atoms with Crippen molar-refractivity contribution in [3.63, 3.8) is 0 Å². The summed E-state index contributed by atoms with van der Waals surface area (Å²) in [4.78, 5) is 97.2. The van der Waals surface area contributed by atoms with Crippen LogP contribution >= 0.6 is 23.5 Å². The number of nitrogens with one attached hydrogen (secondary N) is 4. The van der Waals surface area contributed by atoms with Gasteiger partial charge in [0.2, 0.25) is 23.6 Å². The maximum Gasteiger partial charge on any atom is 0.267 e. The topological polar surface area (TPSA) is 252 Å². The van der Waals surface area contributed by atoms with Gasteiger partial charge >= 0.3 is 0 Å². The number of benzene rings is 2. The van der Waals surface area contributed by atoms with Gasteiger partial charge in [-0.3, -0.25) is 38.9 Å². The van der Waals surface area contributed by atoms with Crippen LogP contribution in [0.4, 0.5) is 0 Å². The van der Waals surface area contributed by atoms with Crippen LogP contribution in [0.3, 0.4) is 0 Å². The van der Waals surface area contributed by atoms with Gasteiger partial charge in [0.1, 0.15) is 6.04 Å². The first kappa shape index (κ1) is 72.2. The van der Waals surface area contributed by atoms with Crippen LogP contribution in [0, 0.1) is 23.7 Å². The molecule has 2 aromatic carbocycles. The summed E-state index contributed by atoms with van der Waals surface area (Å²) in [6.07, 6.45) is 7.72. The van der Waals surface area contributed by atoms with Crippen molar-refractivity contribution >= 4 is 70.0 Å². The van der Waals surface area contributed by atoms with Gasteiger partial charge in [-0.15, -0.1) is 0 Å². The number of ether oxygens (including phenoxy) is 5. The summed E-state index contributed by atoms with van der Waals surface area (Å²) in [5, 5.41) is 18.1. The molecule has 21 nitrogen and oxygen atoms in total. The molecule has 0 unspecified atom stereocenters. The lowest BCUT2D eigenvalue weighted by Gasteiger charge is -2.41. The number of hydrogen-bond donors (Lipinski definition) is 5. The number of amides is 6. The van der Waals surface area contributed by atoms with E-state index in [4.69, 9.17) is 38.9 Å². The molecule has 9 atom stereocenters. The minimum absolute atomic E-state index is 0.0400. The maximum atomic E-state index is 14.7. The average Bonchev–Trinajstić information content (AvgIpc) is 3.15. The molecule has 4 rings (SSSR count). The lowest BCUT2D eigenvalue weighted by molar-refractivity contribution is -0.148. The van der Waals surface area contributed by atoms with E-state index in [9.17, 15) is 28.8 Å². The van der Waals surface area contributed by atoms with E-state index in [1.165, 1.54) is 13.2 Å². The number of nitrogens with zero attached hydrogens (tertiary/aromatic N) is 5. The van der Waals surface area contributed by atoms with E-state index in [2.05, 4.69) is 16.0 Å². The number of likely N-dealkylation sites (N-methyl/N-ethyl adjacent to an activating group) is 2. The molecule has 6 amide bonds. The third kappa shape index (κ3) is 22.5. The summed E-state index contributed by atoms with van der Waals surface area (Å²) in [5.74, 6) is -1.67. The van der Waals surface area contributed by atoms with E-state index >= 15 is 0 Å². The molecule has 85 heavy (non-hydrogen) atoms. The Balaban J connectivity index is 1.25. The maximum absolute atomic E-state index is 14.7. The SMILES string of the molecule is CC[C@H](C)[C@@H]([C@@H](CC(=O)N1CCC[C@H]1[C@H](OC)[C@@H](C)C(=O)N[C@H](/C=C/C(=O)NO)Cc1ccccc1)OC)N(C)C(=O)[C@@H](NC(=O)[C@H](C(C)C)N(C)CCOCCOCCOCCNC(=O)c1ccc2nc(CSC)c(CSC)nc2c1)C(C)C. The van der Waals surface area contributed by atoms with Crippen LogP contribution in [0.2, 0.25) is 0 Å². The Morgan fingerprint density at radius 3 is 2.02 bits per heavy atom. The Labute approximate surface area is 512 Å². The molecule has 0 saturated carbocycles. The zero-order chi connectivity index (χ0) is 62.6. The second kappa shape index (κ2) is 38.1. The first-order valence-corrected chi connectivity index (χ1v) is 32.4. The molecule has 2 heterocycles. The number of likely N-dealkylation sites (tertiary alicyclic amines) is 1. The predicted octanol–water partition coefficient (Wildman–Crippen LogP) is 5.94. The molecular formula is C62H97N9O12S2. The molecule has 0 aliphatic carbocycles. The van der Waals surface area contributed by atoms with Gasteiger partial charge in [-0.05, 0) is 80.3 Å². The third-order valence-corrected chi connectivity index (χ3v) is 16.7. The van der Waals surface area contributed by atoms with Gasteiger partial charge in [0, 0.05) is 64.0 Å². The minimum Gasteiger partial charge on any atom is -0.379 e. The summed E-state index contributed by atoms with van der Waals surface area (Å²) in [6.45, 7) is 16.8. The van der Waals surface area contributed by atoms with E-state index in [0.29, 0.717) is 96.0 Å². The molecule has 3 aromatic rings. The van der Waals surface area contributed by atoms with Gasteiger partial charge in [0.05, 0.1) is 111 Å². The molecule has 1 fully saturated rings. The highest BCUT2D eigenvalue weighted by molar-refractivity contribution is 7.98. The molecule has 1 aliphatic rings. The van der Waals surface area contributed by atoms with Gasteiger partial charge in [-0.2, -0.15) is 23.5 Å². The summed E-state index contributed by atoms with van der Waals surface area (Å²) in [7, 11) is 6.64. The van der Waals surface area contributed by atoms with E-state index < -0.39 is 54.2 Å². The van der Waals surface area contributed by atoms with Crippen LogP contribution in [-0.2, 0) is 65.6 Å². The number of aromatic nitrogens is 2. The number of hydrogen-bond acceptors (Lipinski definition) is 17. The standard InChI is InChI=1S/C62H97N9O12S2/c1-14-42(6)57(52(79-10)37-54(73)71-27-18-21-51(71)58(80-11)43(7)59(74)64-46(23-25-53(72)68-78)35-44-19-16-15-17-20-44)70(9)62(77)55(40(2)3)67-61(76)56(41(4)5)69(8)28-30-82-32-34-83-33-31-81-29-26-63-60(75)45-22-24-47-48(36-45)66-50(39-85-13)49(65-47)38-84-12/h15-17,19-20,22-25,36,40-43,46,51-52,55-58,78H,14,18,21,26-35,37-39H2,1-13H3,(H,63,75)(H,64,74)(H,67,76)(H,68,72)/b25-23+/t42-,43+,46+,51-,52+,55-,56-,57-,58+/m0/s1. The van der Waals surface area contributed by atoms with Crippen molar-refractivity contribution in [3.05, 3.63) is 83.2 Å². The van der Waals surface area contributed by atoms with Crippen LogP contribution in [-0.4, -0.2) is 208 Å². The van der Waals surface area contributed by atoms with Gasteiger partial charge in [-0.1, -0.05) is 91.3 Å². The lowest BCUT2D eigenvalue weighted by Crippen LogP contribution is -2.60. The van der Waals surface area contributed by atoms with Crippen LogP contribution in [0.5, 0.6) is 0 Å². The number of rotatable bonds is 39. The monoisotopic (exact) mass is 1220 g/mol. The highest BCUT2D eigenvalue weighted by Crippen LogP contribution is 2.30. The molecule has 0 spiro atoms. The molecule has 5 N–H and O–H groups in total. The lowest BCUT2D eigenvalue weighted by atomic mass is 9.89. The van der Waals surface area contributed by atoms with Crippen molar-refractivity contribution in [3.8, 4) is 0 Å². The Bertz CT molecular complexity index is 2580. The van der Waals surface area contributed by atoms with Gasteiger partial charge in [-0.25, -0.2) is 15.4 Å². The van der Waals surface area contributed by atoms with Gasteiger partial charge in [0.25, 0.3) is 11.8 Å². The molecule has 1 saturated heterocycles. The van der Waals surface area contributed by atoms with E-state index in [-0.39, 0.29) is 53.7 Å². The summed E-state index contributed by atoms with van der Waals surface area (Å²) in [5.41, 5.74) is 6.40. The van der Waals surface area contributed by atoms with Gasteiger partial charge in [0.15, 0.2) is 0 Å². The summed E-state index contributed by atoms with van der Waals surface area (Å²) >= 11 is 3.39. The summed E-state index contributed by atoms with van der Waals surface area (Å²) in [6, 6.07) is 11.9. The predicted molar refractivity (Wildman–Crippen MR) is 334 cm³/mol. The highest BCUT2D eigenvalue weighted by atomic mass is 32.2. The summed E-state index contributed by atoms with van der Waals surface area (Å²) < 4.78 is 29.4. The van der Waals surface area contributed by atoms with E-state index in [1.807, 2.05) is 102 Å². The number of fused-ring (bicyclic) bond motifs is 1. The first-order valence-electron chi connectivity index (χ1n) is 29.6. The number of hydroxylamine groups is 1. The fraction of sp³-hybridized carbons (Fsp3) is 0.645. The number of thioether (sulfide) groups is 2. The fourth-order valence-corrected chi connectivity index (χ4v) is 11.9. The second-order valence-corrected chi connectivity index (χ2v) is 24.1. The minimum atomic E-state index is -0.876. The van der Waals surface area contributed by atoms with Crippen LogP contribution in [0.1, 0.15) is 101 Å². The zero-order valence-electron chi connectivity index (χ0n) is 52.4. The number of carbonyl (C=O) groups is 6. The number of methoxy groups -OCH3 is 2. The molecule has 23 heteroatoms. The Kier molecular flexibility index (Phi) is 32.4. The molecule has 1 aliphatic heterocycles. The van der Waals surface area contributed by atoms with Crippen molar-refractivity contribution in [2.75, 3.05) is 100 Å². The van der Waals surface area contributed by atoms with E-state index in [0.717, 1.165) is 40.0 Å². The quantitative estimate of drug-likeness (QED) is 0.0192. The average molecular weight is 1220 g/mol. The van der Waals surface area contributed by atoms with Crippen molar-refractivity contribution < 1.29 is 57.7 Å². The zero-order valence-corrected chi connectivity index (χ0v) is 54.1. The van der Waals surface area contributed by atoms with E-state index in [1.54, 1.807) is 72.0 Å². The van der Waals surface area contributed by atoms with Crippen molar-refractivity contribution in [1.29, 1.82) is 0 Å². The first-order chi connectivity index (χ1) is 40.7. The van der Waals surface area contributed by atoms with Crippen molar-refractivity contribution in [2.45, 2.75) is 134 Å². The normalized spacial score (nSPS) is 16.5. The Morgan fingerprint density at radius 2 is 1.44 bits per heavy atom. The van der Waals surface area contributed by atoms with Crippen molar-refractivity contribution in [2.24, 2.45) is 23.7 Å². The number of carbonyl (C=O) groups excluding carboxylic acids is 6. The Hall–Kier alpha value is -5.24. The smallest absolute Gasteiger partial charge is 0.267 e. The third-order valence-electron chi connectivity index (χ3n) is 15.6. The second-order valence-electron chi connectivity index (χ2n) is 22.4. The molecule has 1 aromatic heterocycles. The van der Waals surface area contributed by atoms with Crippen LogP contribution in [0.15, 0.2) is 60.7 Å². The molecule has 474 valence electrons. The van der Waals surface area contributed by atoms with Gasteiger partial charge < -0.3 is 49.4 Å². The molecule has 0 bridgehead atoms. The molecular weight excluding hydrogens is 1130 g/mol.